The second-order valence-corrected chi connectivity index (χ2v) is 6.10. The molecule has 4 nitrogen and oxygen atoms in total. The molecule has 2 aromatic rings. The van der Waals surface area contributed by atoms with E-state index in [0.717, 1.165) is 26.2 Å². The minimum Gasteiger partial charge on any atom is -0.375 e. The molecule has 0 atom stereocenters. The lowest BCUT2D eigenvalue weighted by molar-refractivity contribution is 0.341. The van der Waals surface area contributed by atoms with Crippen LogP contribution in [-0.2, 0) is 13.1 Å². The summed E-state index contributed by atoms with van der Waals surface area (Å²) in [7, 11) is 2.17. The zero-order chi connectivity index (χ0) is 13.2. The van der Waals surface area contributed by atoms with E-state index in [1.807, 2.05) is 6.20 Å². The molecule has 0 spiro atoms. The summed E-state index contributed by atoms with van der Waals surface area (Å²) in [5, 5.41) is 0.648. The van der Waals surface area contributed by atoms with Crippen molar-refractivity contribution in [2.24, 2.45) is 0 Å². The zero-order valence-corrected chi connectivity index (χ0v) is 13.1. The van der Waals surface area contributed by atoms with E-state index in [2.05, 4.69) is 46.1 Å². The molecule has 0 saturated carbocycles. The van der Waals surface area contributed by atoms with Crippen molar-refractivity contribution in [1.82, 2.24) is 9.88 Å². The molecule has 108 valence electrons. The highest BCUT2D eigenvalue weighted by Gasteiger charge is 2.18. The first-order chi connectivity index (χ1) is 9.22. The van der Waals surface area contributed by atoms with Gasteiger partial charge in [0.05, 0.1) is 6.54 Å². The van der Waals surface area contributed by atoms with Crippen molar-refractivity contribution in [3.05, 3.63) is 40.9 Å². The van der Waals surface area contributed by atoms with Crippen LogP contribution in [0.1, 0.15) is 10.4 Å². The summed E-state index contributed by atoms with van der Waals surface area (Å²) in [6.07, 6.45) is 1.89. The number of likely N-dealkylation sites (N-methyl/N-ethyl adjacent to an activating group) is 1. The third-order valence-corrected chi connectivity index (χ3v) is 4.25. The topological polar surface area (TPSA) is 45.4 Å². The number of anilines is 2. The molecule has 2 N–H and O–H groups in total. The molecule has 0 radical (unpaired) electrons. The molecule has 20 heavy (non-hydrogen) atoms. The Hall–Kier alpha value is -1.30. The number of nitrogen functional groups attached to an aromatic ring is 1. The fraction of sp³-hybridized carbons (Fsp3) is 0.357. The number of fused-ring (bicyclic) bond motifs is 1. The van der Waals surface area contributed by atoms with Gasteiger partial charge in [-0.15, -0.1) is 23.7 Å². The first-order valence-electron chi connectivity index (χ1n) is 6.44. The van der Waals surface area contributed by atoms with Gasteiger partial charge in [0.1, 0.15) is 0 Å². The number of para-hydroxylation sites is 1. The van der Waals surface area contributed by atoms with Crippen molar-refractivity contribution in [2.75, 3.05) is 30.8 Å². The molecule has 3 rings (SSSR count). The van der Waals surface area contributed by atoms with Crippen molar-refractivity contribution in [3.63, 3.8) is 0 Å². The first-order valence-corrected chi connectivity index (χ1v) is 7.25. The molecule has 0 saturated heterocycles. The number of nitrogens with zero attached hydrogens (tertiary/aromatic N) is 3. The Morgan fingerprint density at radius 3 is 2.85 bits per heavy atom. The third kappa shape index (κ3) is 3.23. The van der Waals surface area contributed by atoms with E-state index < -0.39 is 0 Å². The molecule has 1 aromatic carbocycles. The van der Waals surface area contributed by atoms with Gasteiger partial charge in [-0.2, -0.15) is 0 Å². The molecule has 0 bridgehead atoms. The molecular formula is C14H19ClN4S. The van der Waals surface area contributed by atoms with Crippen LogP contribution in [0, 0.1) is 0 Å². The van der Waals surface area contributed by atoms with Gasteiger partial charge in [-0.3, -0.25) is 0 Å². The summed E-state index contributed by atoms with van der Waals surface area (Å²) >= 11 is 1.58. The van der Waals surface area contributed by atoms with Gasteiger partial charge in [0.15, 0.2) is 5.13 Å². The normalized spacial score (nSPS) is 15.3. The number of hydrogen-bond acceptors (Lipinski definition) is 5. The third-order valence-electron chi connectivity index (χ3n) is 3.44. The number of aromatic nitrogens is 1. The van der Waals surface area contributed by atoms with Crippen LogP contribution in [-0.4, -0.2) is 30.0 Å². The van der Waals surface area contributed by atoms with Crippen molar-refractivity contribution in [1.29, 1.82) is 0 Å². The van der Waals surface area contributed by atoms with Crippen LogP contribution in [0.15, 0.2) is 30.5 Å². The summed E-state index contributed by atoms with van der Waals surface area (Å²) in [6.45, 7) is 4.01. The maximum Gasteiger partial charge on any atom is 0.180 e. The highest BCUT2D eigenvalue weighted by atomic mass is 35.5. The second-order valence-electron chi connectivity index (χ2n) is 4.95. The highest BCUT2D eigenvalue weighted by molar-refractivity contribution is 7.15. The Bertz CT molecular complexity index is 572. The van der Waals surface area contributed by atoms with Crippen molar-refractivity contribution >= 4 is 34.6 Å². The van der Waals surface area contributed by atoms with E-state index in [9.17, 15) is 0 Å². The second kappa shape index (κ2) is 6.43. The molecule has 1 aromatic heterocycles. The van der Waals surface area contributed by atoms with Crippen LogP contribution >= 0.6 is 23.7 Å². The largest absolute Gasteiger partial charge is 0.375 e. The molecule has 2 heterocycles. The predicted octanol–water partition coefficient (Wildman–Crippen LogP) is 2.60. The van der Waals surface area contributed by atoms with E-state index in [1.165, 1.54) is 16.1 Å². The number of benzene rings is 1. The average molecular weight is 311 g/mol. The number of nitrogens with two attached hydrogens (primary N) is 1. The zero-order valence-electron chi connectivity index (χ0n) is 11.5. The summed E-state index contributed by atoms with van der Waals surface area (Å²) in [6, 6.07) is 8.64. The molecule has 0 fully saturated rings. The maximum atomic E-state index is 5.71. The van der Waals surface area contributed by atoms with Gasteiger partial charge in [0, 0.05) is 36.4 Å². The van der Waals surface area contributed by atoms with Gasteiger partial charge in [0.25, 0.3) is 0 Å². The number of halogens is 1. The standard InChI is InChI=1S/C14H18N4S.ClH/c1-17-6-7-18(10-12-8-16-14(15)19-12)13-5-3-2-4-11(13)9-17;/h2-5,8H,6-7,9-10H2,1H3,(H2,15,16);1H. The number of rotatable bonds is 2. The van der Waals surface area contributed by atoms with Gasteiger partial charge in [-0.05, 0) is 18.7 Å². The monoisotopic (exact) mass is 310 g/mol. The van der Waals surface area contributed by atoms with E-state index in [-0.39, 0.29) is 12.4 Å². The summed E-state index contributed by atoms with van der Waals surface area (Å²) in [5.41, 5.74) is 8.43. The van der Waals surface area contributed by atoms with Gasteiger partial charge in [-0.1, -0.05) is 18.2 Å². The van der Waals surface area contributed by atoms with Crippen LogP contribution in [0.4, 0.5) is 10.8 Å². The van der Waals surface area contributed by atoms with E-state index in [0.29, 0.717) is 5.13 Å². The lowest BCUT2D eigenvalue weighted by Crippen LogP contribution is -2.28. The lowest BCUT2D eigenvalue weighted by atomic mass is 10.1. The Labute approximate surface area is 129 Å². The minimum atomic E-state index is 0. The molecule has 0 aliphatic carbocycles. The van der Waals surface area contributed by atoms with E-state index in [4.69, 9.17) is 5.73 Å². The molecule has 6 heteroatoms. The lowest BCUT2D eigenvalue weighted by Gasteiger charge is -2.23. The molecule has 0 amide bonds. The van der Waals surface area contributed by atoms with Crippen LogP contribution in [0.3, 0.4) is 0 Å². The Morgan fingerprint density at radius 1 is 1.30 bits per heavy atom. The number of hydrogen-bond donors (Lipinski definition) is 1. The Kier molecular flexibility index (Phi) is 4.86. The fourth-order valence-corrected chi connectivity index (χ4v) is 3.18. The van der Waals surface area contributed by atoms with E-state index in [1.54, 1.807) is 11.3 Å². The molecular weight excluding hydrogens is 292 g/mol. The molecule has 1 aliphatic heterocycles. The van der Waals surface area contributed by atoms with Crippen LogP contribution in [0.5, 0.6) is 0 Å². The summed E-state index contributed by atoms with van der Waals surface area (Å²) in [4.78, 5) is 10.1. The molecule has 1 aliphatic rings. The summed E-state index contributed by atoms with van der Waals surface area (Å²) < 4.78 is 0. The first kappa shape index (κ1) is 15.1. The minimum absolute atomic E-state index is 0. The van der Waals surface area contributed by atoms with Crippen LogP contribution < -0.4 is 10.6 Å². The highest BCUT2D eigenvalue weighted by Crippen LogP contribution is 2.27. The Morgan fingerprint density at radius 2 is 2.10 bits per heavy atom. The smallest absolute Gasteiger partial charge is 0.180 e. The molecule has 0 unspecified atom stereocenters. The fourth-order valence-electron chi connectivity index (χ4n) is 2.48. The van der Waals surface area contributed by atoms with Gasteiger partial charge >= 0.3 is 0 Å². The maximum absolute atomic E-state index is 5.71. The Balaban J connectivity index is 0.00000147. The van der Waals surface area contributed by atoms with Crippen LogP contribution in [0.2, 0.25) is 0 Å². The SMILES string of the molecule is CN1CCN(Cc2cnc(N)s2)c2ccccc2C1.Cl. The average Bonchev–Trinajstić information content (AvgIpc) is 2.73. The van der Waals surface area contributed by atoms with E-state index >= 15 is 0 Å². The van der Waals surface area contributed by atoms with Crippen molar-refractivity contribution in [2.45, 2.75) is 13.1 Å². The summed E-state index contributed by atoms with van der Waals surface area (Å²) in [5.74, 6) is 0. The van der Waals surface area contributed by atoms with Crippen molar-refractivity contribution in [3.8, 4) is 0 Å². The van der Waals surface area contributed by atoms with Gasteiger partial charge in [0.2, 0.25) is 0 Å². The van der Waals surface area contributed by atoms with Gasteiger partial charge < -0.3 is 15.5 Å². The van der Waals surface area contributed by atoms with Gasteiger partial charge in [-0.25, -0.2) is 4.98 Å². The van der Waals surface area contributed by atoms with Crippen molar-refractivity contribution < 1.29 is 0 Å². The van der Waals surface area contributed by atoms with Crippen LogP contribution in [0.25, 0.3) is 0 Å². The number of thiazole rings is 1. The quantitative estimate of drug-likeness (QED) is 0.926. The predicted molar refractivity (Wildman–Crippen MR) is 87.6 cm³/mol.